The summed E-state index contributed by atoms with van der Waals surface area (Å²) < 4.78 is 14.3. The number of likely N-dealkylation sites (N-methyl/N-ethyl adjacent to an activating group) is 1. The number of hydrogen-bond donors (Lipinski definition) is 0. The van der Waals surface area contributed by atoms with Crippen LogP contribution in [0.4, 0.5) is 10.1 Å². The van der Waals surface area contributed by atoms with E-state index in [-0.39, 0.29) is 17.6 Å². The molecule has 0 aliphatic carbocycles. The monoisotopic (exact) mass is 443 g/mol. The van der Waals surface area contributed by atoms with Crippen molar-refractivity contribution in [2.45, 2.75) is 0 Å². The molecule has 0 spiro atoms. The van der Waals surface area contributed by atoms with Crippen molar-refractivity contribution in [1.29, 1.82) is 0 Å². The molecule has 2 amide bonds. The van der Waals surface area contributed by atoms with Crippen LogP contribution in [-0.4, -0.2) is 54.8 Å². The van der Waals surface area contributed by atoms with Crippen LogP contribution in [0.1, 0.15) is 5.56 Å². The van der Waals surface area contributed by atoms with E-state index in [1.807, 2.05) is 11.9 Å². The average molecular weight is 444 g/mol. The second-order valence-corrected chi connectivity index (χ2v) is 7.86. The molecule has 0 N–H and O–H groups in total. The molecule has 0 bridgehead atoms. The van der Waals surface area contributed by atoms with Crippen LogP contribution < -0.4 is 4.90 Å². The van der Waals surface area contributed by atoms with Crippen LogP contribution >= 0.6 is 15.9 Å². The Morgan fingerprint density at radius 2 is 1.46 bits per heavy atom. The van der Waals surface area contributed by atoms with Crippen LogP contribution in [0.2, 0.25) is 0 Å². The van der Waals surface area contributed by atoms with Gasteiger partial charge in [-0.05, 0) is 49.0 Å². The first kappa shape index (κ1) is 18.8. The van der Waals surface area contributed by atoms with Crippen LogP contribution in [0.15, 0.2) is 58.7 Å². The van der Waals surface area contributed by atoms with Gasteiger partial charge in [0.05, 0.1) is 11.3 Å². The Morgan fingerprint density at radius 1 is 0.857 bits per heavy atom. The Balaban J connectivity index is 1.79. The average Bonchev–Trinajstić information content (AvgIpc) is 2.94. The maximum Gasteiger partial charge on any atom is 0.282 e. The molecule has 0 unspecified atom stereocenters. The number of imide groups is 1. The quantitative estimate of drug-likeness (QED) is 0.683. The number of hydrogen-bond acceptors (Lipinski definition) is 4. The van der Waals surface area contributed by atoms with E-state index >= 15 is 0 Å². The number of halogens is 2. The van der Waals surface area contributed by atoms with Gasteiger partial charge in [0.15, 0.2) is 0 Å². The molecule has 2 heterocycles. The van der Waals surface area contributed by atoms with E-state index in [0.29, 0.717) is 35.6 Å². The first-order valence-corrected chi connectivity index (χ1v) is 9.83. The molecule has 7 heteroatoms. The van der Waals surface area contributed by atoms with E-state index in [0.717, 1.165) is 17.6 Å². The number of benzene rings is 2. The standard InChI is InChI=1S/C21H19BrFN3O2/c1-24-10-12-25(13-11-24)19-18(14-2-6-16(23)7-3-14)20(27)26(21(19)28)17-8-4-15(22)5-9-17/h2-9H,10-13H2,1H3. The molecule has 5 nitrogen and oxygen atoms in total. The summed E-state index contributed by atoms with van der Waals surface area (Å²) in [7, 11) is 2.03. The lowest BCUT2D eigenvalue weighted by atomic mass is 10.0. The minimum atomic E-state index is -0.382. The lowest BCUT2D eigenvalue weighted by Crippen LogP contribution is -2.46. The Kier molecular flexibility index (Phi) is 5.03. The molecule has 28 heavy (non-hydrogen) atoms. The summed E-state index contributed by atoms with van der Waals surface area (Å²) in [4.78, 5) is 32.0. The lowest BCUT2D eigenvalue weighted by molar-refractivity contribution is -0.120. The Morgan fingerprint density at radius 3 is 2.07 bits per heavy atom. The van der Waals surface area contributed by atoms with Gasteiger partial charge < -0.3 is 9.80 Å². The number of nitrogens with zero attached hydrogens (tertiary/aromatic N) is 3. The normalized spacial score (nSPS) is 18.4. The molecular weight excluding hydrogens is 425 g/mol. The van der Waals surface area contributed by atoms with Crippen LogP contribution in [0.25, 0.3) is 5.57 Å². The zero-order valence-corrected chi connectivity index (χ0v) is 16.9. The van der Waals surface area contributed by atoms with Gasteiger partial charge in [-0.3, -0.25) is 9.59 Å². The van der Waals surface area contributed by atoms with E-state index in [9.17, 15) is 14.0 Å². The zero-order chi connectivity index (χ0) is 19.8. The molecule has 144 valence electrons. The van der Waals surface area contributed by atoms with Crippen LogP contribution in [0, 0.1) is 5.82 Å². The van der Waals surface area contributed by atoms with Gasteiger partial charge in [0.2, 0.25) is 0 Å². The number of anilines is 1. The first-order chi connectivity index (χ1) is 13.5. The predicted octanol–water partition coefficient (Wildman–Crippen LogP) is 3.12. The summed E-state index contributed by atoms with van der Waals surface area (Å²) in [5, 5.41) is 0. The van der Waals surface area contributed by atoms with E-state index in [1.54, 1.807) is 36.4 Å². The molecule has 2 aromatic rings. The van der Waals surface area contributed by atoms with Gasteiger partial charge in [-0.1, -0.05) is 28.1 Å². The van der Waals surface area contributed by atoms with Crippen LogP contribution in [0.3, 0.4) is 0 Å². The highest BCUT2D eigenvalue weighted by molar-refractivity contribution is 9.10. The lowest BCUT2D eigenvalue weighted by Gasteiger charge is -2.34. The third kappa shape index (κ3) is 3.36. The summed E-state index contributed by atoms with van der Waals surface area (Å²) >= 11 is 3.37. The summed E-state index contributed by atoms with van der Waals surface area (Å²) in [6, 6.07) is 12.8. The molecule has 1 saturated heterocycles. The minimum Gasteiger partial charge on any atom is -0.364 e. The topological polar surface area (TPSA) is 43.9 Å². The van der Waals surface area contributed by atoms with Crippen molar-refractivity contribution in [2.75, 3.05) is 38.1 Å². The highest BCUT2D eigenvalue weighted by Crippen LogP contribution is 2.35. The molecule has 0 atom stereocenters. The van der Waals surface area contributed by atoms with E-state index in [4.69, 9.17) is 0 Å². The summed E-state index contributed by atoms with van der Waals surface area (Å²) in [6.45, 7) is 2.92. The molecule has 2 aliphatic heterocycles. The predicted molar refractivity (Wildman–Crippen MR) is 109 cm³/mol. The smallest absolute Gasteiger partial charge is 0.282 e. The van der Waals surface area contributed by atoms with Crippen molar-refractivity contribution in [1.82, 2.24) is 9.80 Å². The Bertz CT molecular complexity index is 949. The zero-order valence-electron chi connectivity index (χ0n) is 15.4. The fourth-order valence-corrected chi connectivity index (χ4v) is 3.81. The van der Waals surface area contributed by atoms with Crippen LogP contribution in [-0.2, 0) is 9.59 Å². The number of carbonyl (C=O) groups excluding carboxylic acids is 2. The fourth-order valence-electron chi connectivity index (χ4n) is 3.54. The van der Waals surface area contributed by atoms with Crippen LogP contribution in [0.5, 0.6) is 0 Å². The largest absolute Gasteiger partial charge is 0.364 e. The molecular formula is C21H19BrFN3O2. The summed E-state index contributed by atoms with van der Waals surface area (Å²) in [6.07, 6.45) is 0. The van der Waals surface area contributed by atoms with Crippen molar-refractivity contribution >= 4 is 39.0 Å². The second-order valence-electron chi connectivity index (χ2n) is 6.94. The molecule has 1 fully saturated rings. The van der Waals surface area contributed by atoms with Crippen molar-refractivity contribution in [3.05, 3.63) is 70.1 Å². The SMILES string of the molecule is CN1CCN(C2=C(c3ccc(F)cc3)C(=O)N(c3ccc(Br)cc3)C2=O)CC1. The van der Waals surface area contributed by atoms with E-state index in [2.05, 4.69) is 20.8 Å². The van der Waals surface area contributed by atoms with E-state index in [1.165, 1.54) is 17.0 Å². The molecule has 2 aromatic carbocycles. The van der Waals surface area contributed by atoms with Gasteiger partial charge in [0.25, 0.3) is 11.8 Å². The Labute approximate surface area is 171 Å². The number of amides is 2. The first-order valence-electron chi connectivity index (χ1n) is 9.04. The van der Waals surface area contributed by atoms with Crippen molar-refractivity contribution in [3.63, 3.8) is 0 Å². The van der Waals surface area contributed by atoms with Crippen molar-refractivity contribution in [2.24, 2.45) is 0 Å². The van der Waals surface area contributed by atoms with Crippen molar-refractivity contribution in [3.8, 4) is 0 Å². The van der Waals surface area contributed by atoms with Gasteiger partial charge in [-0.2, -0.15) is 0 Å². The molecule has 2 aliphatic rings. The fraction of sp³-hybridized carbons (Fsp3) is 0.238. The van der Waals surface area contributed by atoms with Gasteiger partial charge in [-0.15, -0.1) is 0 Å². The minimum absolute atomic E-state index is 0.331. The van der Waals surface area contributed by atoms with Gasteiger partial charge >= 0.3 is 0 Å². The maximum absolute atomic E-state index is 13.4. The third-order valence-corrected chi connectivity index (χ3v) is 5.63. The summed E-state index contributed by atoms with van der Waals surface area (Å²) in [5.74, 6) is -1.10. The van der Waals surface area contributed by atoms with E-state index < -0.39 is 0 Å². The third-order valence-electron chi connectivity index (χ3n) is 5.10. The second kappa shape index (κ2) is 7.48. The Hall–Kier alpha value is -2.51. The van der Waals surface area contributed by atoms with Gasteiger partial charge in [0.1, 0.15) is 11.5 Å². The number of rotatable bonds is 3. The van der Waals surface area contributed by atoms with Gasteiger partial charge in [0, 0.05) is 30.7 Å². The maximum atomic E-state index is 13.4. The summed E-state index contributed by atoms with van der Waals surface area (Å²) in [5.41, 5.74) is 1.79. The van der Waals surface area contributed by atoms with Crippen molar-refractivity contribution < 1.29 is 14.0 Å². The molecule has 0 radical (unpaired) electrons. The van der Waals surface area contributed by atoms with Gasteiger partial charge in [-0.25, -0.2) is 9.29 Å². The number of piperazine rings is 1. The molecule has 0 aromatic heterocycles. The molecule has 0 saturated carbocycles. The molecule has 4 rings (SSSR count). The highest BCUT2D eigenvalue weighted by atomic mass is 79.9. The highest BCUT2D eigenvalue weighted by Gasteiger charge is 2.42. The number of carbonyl (C=O) groups is 2.